The SMILES string of the molecule is Cc1cc(-c2ccc(NC(=O)CCC(=O)OCCCc3ccccc3)c(C)c2)ccc1NC(=O)CCC(=O)OCCCc1ccccc1. The van der Waals surface area contributed by atoms with E-state index in [9.17, 15) is 19.2 Å². The fourth-order valence-corrected chi connectivity index (χ4v) is 5.18. The van der Waals surface area contributed by atoms with Gasteiger partial charge in [-0.2, -0.15) is 0 Å². The van der Waals surface area contributed by atoms with Gasteiger partial charge in [0.2, 0.25) is 11.8 Å². The number of nitrogens with one attached hydrogen (secondary N) is 2. The molecule has 0 spiro atoms. The lowest BCUT2D eigenvalue weighted by Gasteiger charge is -2.13. The number of aryl methyl sites for hydroxylation is 4. The van der Waals surface area contributed by atoms with E-state index in [4.69, 9.17) is 9.47 Å². The zero-order chi connectivity index (χ0) is 34.1. The molecule has 4 aromatic rings. The van der Waals surface area contributed by atoms with E-state index in [0.717, 1.165) is 47.9 Å². The molecule has 48 heavy (non-hydrogen) atoms. The number of hydrogen-bond acceptors (Lipinski definition) is 6. The van der Waals surface area contributed by atoms with Crippen LogP contribution in [0.5, 0.6) is 0 Å². The van der Waals surface area contributed by atoms with Crippen LogP contribution in [0.15, 0.2) is 97.1 Å². The Labute approximate surface area is 282 Å². The fraction of sp³-hybridized carbons (Fsp3) is 0.300. The Hall–Kier alpha value is -5.24. The predicted octanol–water partition coefficient (Wildman–Crippen LogP) is 7.76. The summed E-state index contributed by atoms with van der Waals surface area (Å²) in [5.74, 6) is -1.26. The predicted molar refractivity (Wildman–Crippen MR) is 189 cm³/mol. The number of amides is 2. The second-order valence-electron chi connectivity index (χ2n) is 11.8. The zero-order valence-corrected chi connectivity index (χ0v) is 27.8. The van der Waals surface area contributed by atoms with Crippen LogP contribution in [0, 0.1) is 13.8 Å². The molecule has 0 aliphatic heterocycles. The molecule has 4 rings (SSSR count). The quantitative estimate of drug-likeness (QED) is 0.0895. The summed E-state index contributed by atoms with van der Waals surface area (Å²) in [6.45, 7) is 4.48. The summed E-state index contributed by atoms with van der Waals surface area (Å²) in [7, 11) is 0. The molecule has 0 radical (unpaired) electrons. The number of rotatable bonds is 17. The molecule has 0 atom stereocenters. The highest BCUT2D eigenvalue weighted by atomic mass is 16.5. The first kappa shape index (κ1) is 35.6. The topological polar surface area (TPSA) is 111 Å². The number of carbonyl (C=O) groups is 4. The molecule has 2 amide bonds. The molecule has 0 fully saturated rings. The Kier molecular flexibility index (Phi) is 13.9. The molecule has 0 bridgehead atoms. The number of hydrogen-bond donors (Lipinski definition) is 2. The van der Waals surface area contributed by atoms with Crippen LogP contribution in [-0.2, 0) is 41.5 Å². The van der Waals surface area contributed by atoms with Crippen LogP contribution in [0.1, 0.15) is 60.8 Å². The molecule has 8 heteroatoms. The Bertz CT molecular complexity index is 1550. The van der Waals surface area contributed by atoms with Gasteiger partial charge in [0.25, 0.3) is 0 Å². The maximum atomic E-state index is 12.5. The highest BCUT2D eigenvalue weighted by Gasteiger charge is 2.13. The second-order valence-corrected chi connectivity index (χ2v) is 11.8. The van der Waals surface area contributed by atoms with Gasteiger partial charge >= 0.3 is 11.9 Å². The van der Waals surface area contributed by atoms with Crippen molar-refractivity contribution in [2.75, 3.05) is 23.8 Å². The van der Waals surface area contributed by atoms with Gasteiger partial charge in [-0.1, -0.05) is 72.8 Å². The summed E-state index contributed by atoms with van der Waals surface area (Å²) >= 11 is 0. The monoisotopic (exact) mass is 648 g/mol. The minimum atomic E-state index is -0.382. The first-order valence-corrected chi connectivity index (χ1v) is 16.5. The van der Waals surface area contributed by atoms with E-state index in [1.54, 1.807) is 0 Å². The molecule has 4 aromatic carbocycles. The van der Waals surface area contributed by atoms with Crippen molar-refractivity contribution in [1.82, 2.24) is 0 Å². The number of esters is 2. The summed E-state index contributed by atoms with van der Waals surface area (Å²) in [5.41, 5.74) is 7.43. The lowest BCUT2D eigenvalue weighted by Crippen LogP contribution is -2.15. The summed E-state index contributed by atoms with van der Waals surface area (Å²) in [6.07, 6.45) is 3.27. The molecule has 0 aromatic heterocycles. The molecule has 2 N–H and O–H groups in total. The first-order chi connectivity index (χ1) is 23.3. The van der Waals surface area contributed by atoms with Crippen LogP contribution in [0.4, 0.5) is 11.4 Å². The minimum Gasteiger partial charge on any atom is -0.466 e. The van der Waals surface area contributed by atoms with Crippen molar-refractivity contribution in [2.24, 2.45) is 0 Å². The van der Waals surface area contributed by atoms with E-state index < -0.39 is 0 Å². The van der Waals surface area contributed by atoms with Crippen molar-refractivity contribution in [1.29, 1.82) is 0 Å². The van der Waals surface area contributed by atoms with Crippen LogP contribution in [-0.4, -0.2) is 37.0 Å². The lowest BCUT2D eigenvalue weighted by molar-refractivity contribution is -0.145. The number of benzene rings is 4. The van der Waals surface area contributed by atoms with Gasteiger partial charge in [0.15, 0.2) is 0 Å². The van der Waals surface area contributed by atoms with Crippen LogP contribution >= 0.6 is 0 Å². The van der Waals surface area contributed by atoms with Crippen molar-refractivity contribution < 1.29 is 28.7 Å². The van der Waals surface area contributed by atoms with Crippen LogP contribution in [0.3, 0.4) is 0 Å². The zero-order valence-electron chi connectivity index (χ0n) is 27.8. The Morgan fingerprint density at radius 1 is 0.521 bits per heavy atom. The normalized spacial score (nSPS) is 10.6. The van der Waals surface area contributed by atoms with E-state index in [2.05, 4.69) is 10.6 Å². The molecule has 0 aliphatic rings. The Balaban J connectivity index is 1.16. The number of carbonyl (C=O) groups excluding carboxylic acids is 4. The first-order valence-electron chi connectivity index (χ1n) is 16.5. The molecule has 0 saturated heterocycles. The molecule has 0 unspecified atom stereocenters. The molecular weight excluding hydrogens is 604 g/mol. The van der Waals surface area contributed by atoms with Crippen molar-refractivity contribution in [2.45, 2.75) is 65.2 Å². The van der Waals surface area contributed by atoms with Gasteiger partial charge in [-0.15, -0.1) is 0 Å². The standard InChI is InChI=1S/C40H44N2O6/c1-29-27-33(17-19-35(29)41-37(43)21-23-39(45)47-25-9-15-31-11-5-3-6-12-31)34-18-20-36(30(2)28-34)42-38(44)22-24-40(46)48-26-10-16-32-13-7-4-8-14-32/h3-8,11-14,17-20,27-28H,9-10,15-16,21-26H2,1-2H3,(H,41,43)(H,42,44). The third-order valence-electron chi connectivity index (χ3n) is 7.88. The lowest BCUT2D eigenvalue weighted by atomic mass is 9.99. The average Bonchev–Trinajstić information content (AvgIpc) is 3.09. The van der Waals surface area contributed by atoms with E-state index >= 15 is 0 Å². The highest BCUT2D eigenvalue weighted by Crippen LogP contribution is 2.28. The van der Waals surface area contributed by atoms with E-state index in [1.807, 2.05) is 111 Å². The van der Waals surface area contributed by atoms with Gasteiger partial charge in [-0.05, 0) is 97.2 Å². The maximum absolute atomic E-state index is 12.5. The highest BCUT2D eigenvalue weighted by molar-refractivity contribution is 5.94. The number of ether oxygens (including phenoxy) is 2. The largest absolute Gasteiger partial charge is 0.466 e. The van der Waals surface area contributed by atoms with E-state index in [0.29, 0.717) is 24.6 Å². The van der Waals surface area contributed by atoms with E-state index in [1.165, 1.54) is 11.1 Å². The average molecular weight is 649 g/mol. The summed E-state index contributed by atoms with van der Waals surface area (Å²) in [6, 6.07) is 31.5. The van der Waals surface area contributed by atoms with Gasteiger partial charge in [0, 0.05) is 24.2 Å². The van der Waals surface area contributed by atoms with Crippen molar-refractivity contribution in [3.63, 3.8) is 0 Å². The van der Waals surface area contributed by atoms with Crippen LogP contribution in [0.2, 0.25) is 0 Å². The van der Waals surface area contributed by atoms with Crippen molar-refractivity contribution in [3.8, 4) is 11.1 Å². The van der Waals surface area contributed by atoms with Crippen LogP contribution < -0.4 is 10.6 Å². The fourth-order valence-electron chi connectivity index (χ4n) is 5.18. The Morgan fingerprint density at radius 3 is 1.29 bits per heavy atom. The maximum Gasteiger partial charge on any atom is 0.306 e. The summed E-state index contributed by atoms with van der Waals surface area (Å²) < 4.78 is 10.6. The van der Waals surface area contributed by atoms with Gasteiger partial charge in [-0.3, -0.25) is 19.2 Å². The van der Waals surface area contributed by atoms with Gasteiger partial charge < -0.3 is 20.1 Å². The Morgan fingerprint density at radius 2 is 0.917 bits per heavy atom. The smallest absolute Gasteiger partial charge is 0.306 e. The van der Waals surface area contributed by atoms with Gasteiger partial charge in [0.1, 0.15) is 0 Å². The molecule has 8 nitrogen and oxygen atoms in total. The molecule has 0 saturated carbocycles. The summed E-state index contributed by atoms with van der Waals surface area (Å²) in [4.78, 5) is 49.2. The van der Waals surface area contributed by atoms with Gasteiger partial charge in [0.05, 0.1) is 26.1 Å². The molecule has 0 heterocycles. The number of anilines is 2. The molecule has 250 valence electrons. The van der Waals surface area contributed by atoms with Crippen molar-refractivity contribution in [3.05, 3.63) is 119 Å². The van der Waals surface area contributed by atoms with Gasteiger partial charge in [-0.25, -0.2) is 0 Å². The van der Waals surface area contributed by atoms with Crippen LogP contribution in [0.25, 0.3) is 11.1 Å². The third kappa shape index (κ3) is 12.2. The minimum absolute atomic E-state index is 0.0236. The molecule has 0 aliphatic carbocycles. The summed E-state index contributed by atoms with van der Waals surface area (Å²) in [5, 5.41) is 5.78. The molecular formula is C40H44N2O6. The second kappa shape index (κ2) is 18.8. The third-order valence-corrected chi connectivity index (χ3v) is 7.88. The van der Waals surface area contributed by atoms with E-state index in [-0.39, 0.29) is 49.4 Å². The van der Waals surface area contributed by atoms with Crippen molar-refractivity contribution >= 4 is 35.1 Å².